The van der Waals surface area contributed by atoms with E-state index in [2.05, 4.69) is 24.5 Å². The minimum atomic E-state index is -5.14. The lowest BCUT2D eigenvalue weighted by molar-refractivity contribution is -0.215. The Kier molecular flexibility index (Phi) is 5.87. The fourth-order valence-corrected chi connectivity index (χ4v) is 5.10. The van der Waals surface area contributed by atoms with E-state index < -0.39 is 33.8 Å². The van der Waals surface area contributed by atoms with E-state index >= 15 is 0 Å². The Bertz CT molecular complexity index is 1440. The van der Waals surface area contributed by atoms with Crippen LogP contribution < -0.4 is 10.5 Å². The molecule has 0 bridgehead atoms. The third-order valence-electron chi connectivity index (χ3n) is 5.89. The molecule has 3 aromatic rings. The van der Waals surface area contributed by atoms with E-state index in [0.717, 1.165) is 5.56 Å². The predicted molar refractivity (Wildman–Crippen MR) is 118 cm³/mol. The van der Waals surface area contributed by atoms with E-state index in [1.165, 1.54) is 36.1 Å². The molecule has 0 amide bonds. The number of ether oxygens (including phenoxy) is 1. The van der Waals surface area contributed by atoms with Gasteiger partial charge in [-0.3, -0.25) is 0 Å². The maximum absolute atomic E-state index is 13.2. The van der Waals surface area contributed by atoms with Crippen molar-refractivity contribution in [3.63, 3.8) is 0 Å². The summed E-state index contributed by atoms with van der Waals surface area (Å²) in [5, 5.41) is 4.13. The zero-order valence-electron chi connectivity index (χ0n) is 19.8. The van der Waals surface area contributed by atoms with Crippen molar-refractivity contribution in [3.05, 3.63) is 36.3 Å². The maximum atomic E-state index is 13.2. The van der Waals surface area contributed by atoms with Crippen molar-refractivity contribution < 1.29 is 32.5 Å². The number of benzene rings is 1. The molecule has 1 saturated carbocycles. The number of nitrogen functional groups attached to an aromatic ring is 1. The Morgan fingerprint density at radius 1 is 1.31 bits per heavy atom. The first-order valence-corrected chi connectivity index (χ1v) is 12.0. The number of sulfonamides is 1. The highest BCUT2D eigenvalue weighted by atomic mass is 32.2. The van der Waals surface area contributed by atoms with Crippen LogP contribution in [0.15, 0.2) is 35.6 Å². The first kappa shape index (κ1) is 23.5. The summed E-state index contributed by atoms with van der Waals surface area (Å²) in [5.41, 5.74) is 6.40. The molecule has 3 N–H and O–H groups in total. The van der Waals surface area contributed by atoms with Crippen LogP contribution in [0.5, 0.6) is 0 Å². The van der Waals surface area contributed by atoms with Crippen LogP contribution in [-0.4, -0.2) is 51.8 Å². The molecule has 0 spiro atoms. The number of hydrogen-bond donors (Lipinski definition) is 2. The highest BCUT2D eigenvalue weighted by Gasteiger charge is 2.46. The van der Waals surface area contributed by atoms with Crippen molar-refractivity contribution in [2.24, 2.45) is 0 Å². The minimum Gasteiger partial charge on any atom is -0.453 e. The Labute approximate surface area is 200 Å². The smallest absolute Gasteiger partial charge is 0.453 e. The van der Waals surface area contributed by atoms with Gasteiger partial charge in [0, 0.05) is 13.0 Å². The second-order valence-electron chi connectivity index (χ2n) is 8.55. The highest BCUT2D eigenvalue weighted by molar-refractivity contribution is 7.89. The van der Waals surface area contributed by atoms with E-state index in [-0.39, 0.29) is 36.4 Å². The summed E-state index contributed by atoms with van der Waals surface area (Å²) in [5.74, 6) is -2.16. The topological polar surface area (TPSA) is 142 Å². The Morgan fingerprint density at radius 2 is 2.00 bits per heavy atom. The van der Waals surface area contributed by atoms with Crippen molar-refractivity contribution in [2.45, 2.75) is 62.2 Å². The van der Waals surface area contributed by atoms with Crippen LogP contribution in [0.1, 0.15) is 39.5 Å². The molecule has 14 heteroatoms. The van der Waals surface area contributed by atoms with Crippen molar-refractivity contribution in [1.82, 2.24) is 24.3 Å². The van der Waals surface area contributed by atoms with Gasteiger partial charge in [0.1, 0.15) is 11.9 Å². The third kappa shape index (κ3) is 5.07. The molecule has 0 aliphatic heterocycles. The standard InChI is InChI=1S/C21H23F3N6O4S/c1-12-3-4-14(9-15(12)16-10-26-18-17(25)27-11-28-30(16)18)35(32,33)29-13-5-7-20(2,8-6-13)34-19(31)21(22,23)24/h3-4,9-11,13,29H,5-8H2,1-2H3,(H2,25,27,28)/t13-,20+/i13D. The number of nitrogens with one attached hydrogen (secondary N) is 1. The van der Waals surface area contributed by atoms with Gasteiger partial charge < -0.3 is 10.5 Å². The van der Waals surface area contributed by atoms with Crippen LogP contribution in [-0.2, 0) is 19.6 Å². The number of alkyl halides is 3. The van der Waals surface area contributed by atoms with Gasteiger partial charge in [0.25, 0.3) is 0 Å². The summed E-state index contributed by atoms with van der Waals surface area (Å²) in [6, 6.07) is 2.70. The van der Waals surface area contributed by atoms with E-state index in [9.17, 15) is 26.4 Å². The Morgan fingerprint density at radius 3 is 2.66 bits per heavy atom. The predicted octanol–water partition coefficient (Wildman–Crippen LogP) is 2.77. The first-order valence-electron chi connectivity index (χ1n) is 11.0. The first-order chi connectivity index (χ1) is 16.6. The Balaban J connectivity index is 1.56. The molecule has 2 aromatic heterocycles. The van der Waals surface area contributed by atoms with E-state index in [0.29, 0.717) is 16.9 Å². The summed E-state index contributed by atoms with van der Waals surface area (Å²) >= 11 is 0. The van der Waals surface area contributed by atoms with Gasteiger partial charge in [0.15, 0.2) is 11.5 Å². The molecular formula is C21H23F3N6O4S. The number of hydrogen-bond acceptors (Lipinski definition) is 8. The highest BCUT2D eigenvalue weighted by Crippen LogP contribution is 2.34. The largest absolute Gasteiger partial charge is 0.490 e. The summed E-state index contributed by atoms with van der Waals surface area (Å²) in [4.78, 5) is 19.2. The number of rotatable bonds is 5. The molecule has 0 saturated heterocycles. The lowest BCUT2D eigenvalue weighted by atomic mass is 9.84. The average Bonchev–Trinajstić information content (AvgIpc) is 3.21. The molecule has 0 radical (unpaired) electrons. The van der Waals surface area contributed by atoms with E-state index in [4.69, 9.17) is 7.10 Å². The summed E-state index contributed by atoms with van der Waals surface area (Å²) < 4.78 is 81.1. The molecule has 1 aliphatic rings. The van der Waals surface area contributed by atoms with Crippen LogP contribution in [0.2, 0.25) is 0 Å². The maximum Gasteiger partial charge on any atom is 0.490 e. The van der Waals surface area contributed by atoms with Gasteiger partial charge in [0.2, 0.25) is 10.0 Å². The zero-order valence-corrected chi connectivity index (χ0v) is 19.6. The number of halogens is 3. The lowest BCUT2D eigenvalue weighted by Crippen LogP contribution is -2.45. The van der Waals surface area contributed by atoms with Crippen molar-refractivity contribution >= 4 is 27.5 Å². The molecule has 35 heavy (non-hydrogen) atoms. The molecule has 188 valence electrons. The average molecular weight is 514 g/mol. The summed E-state index contributed by atoms with van der Waals surface area (Å²) in [6.07, 6.45) is -2.96. The van der Waals surface area contributed by atoms with E-state index in [1.54, 1.807) is 13.0 Å². The van der Waals surface area contributed by atoms with Crippen molar-refractivity contribution in [2.75, 3.05) is 5.73 Å². The van der Waals surface area contributed by atoms with Crippen LogP contribution in [0.25, 0.3) is 16.9 Å². The minimum absolute atomic E-state index is 0.122. The van der Waals surface area contributed by atoms with Crippen LogP contribution >= 0.6 is 0 Å². The number of fused-ring (bicyclic) bond motifs is 1. The molecule has 1 fully saturated rings. The monoisotopic (exact) mass is 513 g/mol. The van der Waals surface area contributed by atoms with Crippen molar-refractivity contribution in [3.8, 4) is 11.3 Å². The fraction of sp³-hybridized carbons (Fsp3) is 0.429. The number of nitrogens with two attached hydrogens (primary N) is 1. The third-order valence-corrected chi connectivity index (χ3v) is 7.32. The number of imidazole rings is 1. The fourth-order valence-electron chi connectivity index (χ4n) is 3.88. The summed E-state index contributed by atoms with van der Waals surface area (Å²) in [6.45, 7) is 3.11. The molecule has 0 unspecified atom stereocenters. The lowest BCUT2D eigenvalue weighted by Gasteiger charge is -2.37. The van der Waals surface area contributed by atoms with Crippen molar-refractivity contribution in [1.29, 1.82) is 0 Å². The van der Waals surface area contributed by atoms with Crippen LogP contribution in [0, 0.1) is 6.92 Å². The number of esters is 1. The Hall–Kier alpha value is -3.26. The SMILES string of the molecule is [2H][C@]1(NS(=O)(=O)c2ccc(C)c(-c3cnc4c(N)ncnn34)c2)CC[C@@](C)(OC(=O)C(F)(F)F)CC1. The van der Waals surface area contributed by atoms with E-state index in [1.807, 2.05) is 0 Å². The number of aryl methyl sites for hydroxylation is 1. The second-order valence-corrected chi connectivity index (χ2v) is 10.2. The van der Waals surface area contributed by atoms with Gasteiger partial charge in [-0.15, -0.1) is 0 Å². The molecule has 1 aromatic carbocycles. The molecule has 2 heterocycles. The van der Waals surface area contributed by atoms with Gasteiger partial charge in [-0.1, -0.05) is 6.07 Å². The molecule has 10 nitrogen and oxygen atoms in total. The normalized spacial score (nSPS) is 23.7. The molecular weight excluding hydrogens is 489 g/mol. The van der Waals surface area contributed by atoms with Gasteiger partial charge >= 0.3 is 12.1 Å². The number of aromatic nitrogens is 4. The molecule has 4 rings (SSSR count). The van der Waals surface area contributed by atoms with Crippen LogP contribution in [0.3, 0.4) is 0 Å². The number of anilines is 1. The molecule has 1 aliphatic carbocycles. The van der Waals surface area contributed by atoms with Crippen LogP contribution in [0.4, 0.5) is 19.0 Å². The van der Waals surface area contributed by atoms with Gasteiger partial charge in [-0.25, -0.2) is 32.4 Å². The number of carbonyl (C=O) groups is 1. The summed E-state index contributed by atoms with van der Waals surface area (Å²) in [7, 11) is -4.21. The van der Waals surface area contributed by atoms with Gasteiger partial charge in [0.05, 0.1) is 16.8 Å². The quantitative estimate of drug-likeness (QED) is 0.496. The second kappa shape index (κ2) is 8.75. The van der Waals surface area contributed by atoms with Gasteiger partial charge in [-0.2, -0.15) is 18.3 Å². The number of nitrogens with zero attached hydrogens (tertiary/aromatic N) is 4. The van der Waals surface area contributed by atoms with Gasteiger partial charge in [-0.05, 0) is 57.2 Å². The number of carbonyl (C=O) groups excluding carboxylic acids is 1. The zero-order chi connectivity index (χ0) is 26.5. The molecule has 0 atom stereocenters.